The fourth-order valence-electron chi connectivity index (χ4n) is 2.84. The maximum absolute atomic E-state index is 11.5. The van der Waals surface area contributed by atoms with Crippen molar-refractivity contribution >= 4 is 23.3 Å². The third-order valence-corrected chi connectivity index (χ3v) is 5.02. The molecule has 2 aliphatic heterocycles. The standard InChI is InChI=1S/C13H17N3O3S/c1-8-9(4-11(20-8)12(17)18)6-15-2-3-16-10(7-15)5-14-13(16)19/h4,10H,2-3,5-7H2,1H3,(H,14,19)(H,17,18). The Hall–Kier alpha value is -1.60. The normalized spacial score (nSPS) is 22.8. The number of thiophene rings is 1. The molecule has 6 nitrogen and oxygen atoms in total. The maximum atomic E-state index is 11.5. The number of amides is 2. The van der Waals surface area contributed by atoms with Gasteiger partial charge in [0, 0.05) is 37.6 Å². The molecule has 2 fully saturated rings. The third-order valence-electron chi connectivity index (χ3n) is 3.94. The minimum Gasteiger partial charge on any atom is -0.477 e. The molecule has 3 heterocycles. The molecule has 0 bridgehead atoms. The second-order valence-electron chi connectivity index (χ2n) is 5.27. The highest BCUT2D eigenvalue weighted by atomic mass is 32.1. The zero-order chi connectivity index (χ0) is 14.3. The molecule has 20 heavy (non-hydrogen) atoms. The van der Waals surface area contributed by atoms with Crippen molar-refractivity contribution in [1.29, 1.82) is 0 Å². The van der Waals surface area contributed by atoms with E-state index in [0.717, 1.165) is 36.6 Å². The van der Waals surface area contributed by atoms with Gasteiger partial charge in [-0.2, -0.15) is 0 Å². The van der Waals surface area contributed by atoms with Gasteiger partial charge in [-0.3, -0.25) is 4.90 Å². The van der Waals surface area contributed by atoms with Crippen molar-refractivity contribution in [1.82, 2.24) is 15.1 Å². The molecule has 1 atom stereocenters. The zero-order valence-electron chi connectivity index (χ0n) is 11.3. The van der Waals surface area contributed by atoms with Crippen LogP contribution in [0.3, 0.4) is 0 Å². The molecule has 0 saturated carbocycles. The van der Waals surface area contributed by atoms with Crippen molar-refractivity contribution in [3.8, 4) is 0 Å². The number of aromatic carboxylic acids is 1. The first-order valence-electron chi connectivity index (χ1n) is 6.64. The Kier molecular flexibility index (Phi) is 3.39. The number of urea groups is 1. The third kappa shape index (κ3) is 2.38. The number of carbonyl (C=O) groups is 2. The SMILES string of the molecule is Cc1sc(C(=O)O)cc1CN1CCN2C(=O)NCC2C1. The summed E-state index contributed by atoms with van der Waals surface area (Å²) in [6.07, 6.45) is 0. The molecule has 7 heteroatoms. The highest BCUT2D eigenvalue weighted by Gasteiger charge is 2.35. The lowest BCUT2D eigenvalue weighted by atomic mass is 10.1. The van der Waals surface area contributed by atoms with Crippen LogP contribution in [0.4, 0.5) is 4.79 Å². The molecule has 0 radical (unpaired) electrons. The van der Waals surface area contributed by atoms with E-state index in [1.54, 1.807) is 6.07 Å². The van der Waals surface area contributed by atoms with Gasteiger partial charge in [0.05, 0.1) is 6.04 Å². The van der Waals surface area contributed by atoms with Gasteiger partial charge in [-0.15, -0.1) is 11.3 Å². The molecule has 2 N–H and O–H groups in total. The van der Waals surface area contributed by atoms with Gasteiger partial charge in [-0.1, -0.05) is 0 Å². The van der Waals surface area contributed by atoms with Crippen LogP contribution < -0.4 is 5.32 Å². The van der Waals surface area contributed by atoms with Crippen LogP contribution in [-0.4, -0.2) is 59.1 Å². The Morgan fingerprint density at radius 3 is 3.05 bits per heavy atom. The molecule has 1 aromatic rings. The van der Waals surface area contributed by atoms with Crippen molar-refractivity contribution in [2.24, 2.45) is 0 Å². The number of carboxylic acids is 1. The van der Waals surface area contributed by atoms with Crippen molar-refractivity contribution in [2.45, 2.75) is 19.5 Å². The van der Waals surface area contributed by atoms with E-state index in [1.807, 2.05) is 11.8 Å². The number of nitrogens with one attached hydrogen (secondary N) is 1. The van der Waals surface area contributed by atoms with Gasteiger partial charge in [-0.05, 0) is 18.6 Å². The van der Waals surface area contributed by atoms with Gasteiger partial charge in [0.25, 0.3) is 0 Å². The first kappa shape index (κ1) is 13.4. The molecule has 2 aliphatic rings. The van der Waals surface area contributed by atoms with Crippen LogP contribution in [0.25, 0.3) is 0 Å². The number of piperazine rings is 1. The van der Waals surface area contributed by atoms with Gasteiger partial charge < -0.3 is 15.3 Å². The van der Waals surface area contributed by atoms with Crippen LogP contribution in [0.1, 0.15) is 20.1 Å². The second-order valence-corrected chi connectivity index (χ2v) is 6.52. The number of carboxylic acid groups (broad SMARTS) is 1. The van der Waals surface area contributed by atoms with Crippen LogP contribution in [-0.2, 0) is 6.54 Å². The Morgan fingerprint density at radius 2 is 2.35 bits per heavy atom. The fourth-order valence-corrected chi connectivity index (χ4v) is 3.71. The lowest BCUT2D eigenvalue weighted by Crippen LogP contribution is -2.51. The number of aryl methyl sites for hydroxylation is 1. The Labute approximate surface area is 121 Å². The van der Waals surface area contributed by atoms with Crippen LogP contribution >= 0.6 is 11.3 Å². The summed E-state index contributed by atoms with van der Waals surface area (Å²) in [5.74, 6) is -0.861. The van der Waals surface area contributed by atoms with Gasteiger partial charge >= 0.3 is 12.0 Å². The number of hydrogen-bond donors (Lipinski definition) is 2. The highest BCUT2D eigenvalue weighted by molar-refractivity contribution is 7.14. The number of hydrogen-bond acceptors (Lipinski definition) is 4. The Bertz CT molecular complexity index is 557. The van der Waals surface area contributed by atoms with Crippen LogP contribution in [0.2, 0.25) is 0 Å². The Balaban J connectivity index is 1.67. The topological polar surface area (TPSA) is 72.9 Å². The monoisotopic (exact) mass is 295 g/mol. The first-order chi connectivity index (χ1) is 9.54. The van der Waals surface area contributed by atoms with E-state index >= 15 is 0 Å². The van der Waals surface area contributed by atoms with Crippen LogP contribution in [0, 0.1) is 6.92 Å². The van der Waals surface area contributed by atoms with E-state index in [1.165, 1.54) is 11.3 Å². The zero-order valence-corrected chi connectivity index (χ0v) is 12.1. The van der Waals surface area contributed by atoms with Crippen molar-refractivity contribution in [3.05, 3.63) is 21.4 Å². The van der Waals surface area contributed by atoms with E-state index in [9.17, 15) is 9.59 Å². The molecule has 0 spiro atoms. The average Bonchev–Trinajstić information content (AvgIpc) is 2.95. The summed E-state index contributed by atoms with van der Waals surface area (Å²) in [4.78, 5) is 28.2. The van der Waals surface area contributed by atoms with E-state index in [0.29, 0.717) is 11.4 Å². The lowest BCUT2D eigenvalue weighted by Gasteiger charge is -2.36. The van der Waals surface area contributed by atoms with Crippen LogP contribution in [0.5, 0.6) is 0 Å². The molecular weight excluding hydrogens is 278 g/mol. The van der Waals surface area contributed by atoms with Crippen molar-refractivity contribution in [3.63, 3.8) is 0 Å². The Morgan fingerprint density at radius 1 is 1.55 bits per heavy atom. The van der Waals surface area contributed by atoms with E-state index in [-0.39, 0.29) is 12.1 Å². The molecule has 0 aromatic carbocycles. The highest BCUT2D eigenvalue weighted by Crippen LogP contribution is 2.24. The van der Waals surface area contributed by atoms with E-state index in [2.05, 4.69) is 10.2 Å². The second kappa shape index (κ2) is 5.06. The first-order valence-corrected chi connectivity index (χ1v) is 7.45. The van der Waals surface area contributed by atoms with Gasteiger partial charge in [-0.25, -0.2) is 9.59 Å². The summed E-state index contributed by atoms with van der Waals surface area (Å²) in [7, 11) is 0. The van der Waals surface area contributed by atoms with Gasteiger partial charge in [0.15, 0.2) is 0 Å². The summed E-state index contributed by atoms with van der Waals surface area (Å²) in [5, 5.41) is 11.9. The van der Waals surface area contributed by atoms with Gasteiger partial charge in [0.1, 0.15) is 4.88 Å². The summed E-state index contributed by atoms with van der Waals surface area (Å²) < 4.78 is 0. The summed E-state index contributed by atoms with van der Waals surface area (Å²) >= 11 is 1.33. The summed E-state index contributed by atoms with van der Waals surface area (Å²) in [6, 6.07) is 2.05. The fraction of sp³-hybridized carbons (Fsp3) is 0.538. The minimum absolute atomic E-state index is 0.0366. The molecule has 2 amide bonds. The predicted octanol–water partition coefficient (Wildman–Crippen LogP) is 0.964. The molecular formula is C13H17N3O3S. The largest absolute Gasteiger partial charge is 0.477 e. The lowest BCUT2D eigenvalue weighted by molar-refractivity contribution is 0.0701. The van der Waals surface area contributed by atoms with E-state index < -0.39 is 5.97 Å². The molecule has 3 rings (SSSR count). The summed E-state index contributed by atoms with van der Waals surface area (Å²) in [5.41, 5.74) is 1.08. The maximum Gasteiger partial charge on any atom is 0.345 e. The molecule has 108 valence electrons. The number of rotatable bonds is 3. The number of fused-ring (bicyclic) bond motifs is 1. The molecule has 2 saturated heterocycles. The van der Waals surface area contributed by atoms with Gasteiger partial charge in [0.2, 0.25) is 0 Å². The molecule has 0 aliphatic carbocycles. The smallest absolute Gasteiger partial charge is 0.345 e. The van der Waals surface area contributed by atoms with Crippen molar-refractivity contribution < 1.29 is 14.7 Å². The number of nitrogens with zero attached hydrogens (tertiary/aromatic N) is 2. The summed E-state index contributed by atoms with van der Waals surface area (Å²) in [6.45, 7) is 5.85. The van der Waals surface area contributed by atoms with Crippen molar-refractivity contribution in [2.75, 3.05) is 26.2 Å². The minimum atomic E-state index is -0.861. The quantitative estimate of drug-likeness (QED) is 0.871. The number of carbonyl (C=O) groups excluding carboxylic acids is 1. The van der Waals surface area contributed by atoms with E-state index in [4.69, 9.17) is 5.11 Å². The predicted molar refractivity (Wildman–Crippen MR) is 75.2 cm³/mol. The molecule has 1 unspecified atom stereocenters. The molecule has 1 aromatic heterocycles. The van der Waals surface area contributed by atoms with Crippen LogP contribution in [0.15, 0.2) is 6.07 Å². The average molecular weight is 295 g/mol.